The molecule has 1 saturated heterocycles. The van der Waals surface area contributed by atoms with Gasteiger partial charge in [-0.25, -0.2) is 4.79 Å². The summed E-state index contributed by atoms with van der Waals surface area (Å²) in [6.07, 6.45) is -0.225. The summed E-state index contributed by atoms with van der Waals surface area (Å²) in [7, 11) is 0. The van der Waals surface area contributed by atoms with Gasteiger partial charge in [0.1, 0.15) is 11.3 Å². The average Bonchev–Trinajstić information content (AvgIpc) is 2.88. The van der Waals surface area contributed by atoms with Gasteiger partial charge in [-0.05, 0) is 29.8 Å². The summed E-state index contributed by atoms with van der Waals surface area (Å²) >= 11 is 12.2. The smallest absolute Gasteiger partial charge is 0.339 e. The van der Waals surface area contributed by atoms with Gasteiger partial charge in [0.05, 0.1) is 29.4 Å². The third-order valence-corrected chi connectivity index (χ3v) is 4.99. The lowest BCUT2D eigenvalue weighted by Crippen LogP contribution is -2.29. The zero-order valence-corrected chi connectivity index (χ0v) is 15.5. The molecule has 0 amide bonds. The van der Waals surface area contributed by atoms with Crippen LogP contribution in [0.25, 0.3) is 0 Å². The van der Waals surface area contributed by atoms with Crippen molar-refractivity contribution in [3.05, 3.63) is 63.6 Å². The Balaban J connectivity index is 1.79. The number of ether oxygens (including phenoxy) is 2. The van der Waals surface area contributed by atoms with Crippen LogP contribution in [0.15, 0.2) is 42.5 Å². The van der Waals surface area contributed by atoms with E-state index in [2.05, 4.69) is 5.32 Å². The fourth-order valence-electron chi connectivity index (χ4n) is 2.96. The maximum absolute atomic E-state index is 11.3. The van der Waals surface area contributed by atoms with Gasteiger partial charge in [0.25, 0.3) is 0 Å². The van der Waals surface area contributed by atoms with E-state index < -0.39 is 5.97 Å². The quantitative estimate of drug-likeness (QED) is 0.798. The first-order valence-electron chi connectivity index (χ1n) is 8.28. The van der Waals surface area contributed by atoms with Gasteiger partial charge >= 0.3 is 5.97 Å². The molecule has 0 bridgehead atoms. The number of halogens is 2. The maximum Gasteiger partial charge on any atom is 0.339 e. The van der Waals surface area contributed by atoms with Crippen molar-refractivity contribution in [2.75, 3.05) is 26.3 Å². The second-order valence-electron chi connectivity index (χ2n) is 6.04. The minimum atomic E-state index is -1.02. The molecular formula is C19H19Cl2NO4. The van der Waals surface area contributed by atoms with Crippen LogP contribution in [0.3, 0.4) is 0 Å². The van der Waals surface area contributed by atoms with Crippen LogP contribution < -0.4 is 10.1 Å². The molecule has 2 aromatic rings. The van der Waals surface area contributed by atoms with Crippen LogP contribution >= 0.6 is 23.2 Å². The number of carboxylic acid groups (broad SMARTS) is 1. The molecular weight excluding hydrogens is 377 g/mol. The number of benzene rings is 2. The number of para-hydroxylation sites is 1. The van der Waals surface area contributed by atoms with Crippen molar-refractivity contribution in [2.24, 2.45) is 5.92 Å². The molecule has 26 heavy (non-hydrogen) atoms. The fourth-order valence-corrected chi connectivity index (χ4v) is 3.27. The number of carbonyl (C=O) groups is 1. The molecule has 5 nitrogen and oxygen atoms in total. The summed E-state index contributed by atoms with van der Waals surface area (Å²) in [6, 6.07) is 12.0. The van der Waals surface area contributed by atoms with E-state index >= 15 is 0 Å². The van der Waals surface area contributed by atoms with E-state index in [0.29, 0.717) is 35.6 Å². The SMILES string of the molecule is O=C(O)c1ccccc1OC[C@@H]1CNCCO[C@H]1c1ccc(Cl)c(Cl)c1. The van der Waals surface area contributed by atoms with E-state index in [1.165, 1.54) is 6.07 Å². The summed E-state index contributed by atoms with van der Waals surface area (Å²) in [5, 5.41) is 13.6. The lowest BCUT2D eigenvalue weighted by atomic mass is 9.96. The molecule has 0 saturated carbocycles. The van der Waals surface area contributed by atoms with Crippen LogP contribution in [0.5, 0.6) is 5.75 Å². The van der Waals surface area contributed by atoms with Crippen LogP contribution in [0.4, 0.5) is 0 Å². The predicted octanol–water partition coefficient (Wildman–Crippen LogP) is 4.05. The second-order valence-corrected chi connectivity index (χ2v) is 6.86. The monoisotopic (exact) mass is 395 g/mol. The lowest BCUT2D eigenvalue weighted by Gasteiger charge is -2.25. The summed E-state index contributed by atoms with van der Waals surface area (Å²) in [5.74, 6) is -0.689. The Morgan fingerprint density at radius 3 is 2.81 bits per heavy atom. The van der Waals surface area contributed by atoms with Crippen molar-refractivity contribution >= 4 is 29.2 Å². The summed E-state index contributed by atoms with van der Waals surface area (Å²) in [5.41, 5.74) is 1.06. The van der Waals surface area contributed by atoms with E-state index in [1.807, 2.05) is 6.07 Å². The highest BCUT2D eigenvalue weighted by atomic mass is 35.5. The van der Waals surface area contributed by atoms with Crippen LogP contribution in [0.2, 0.25) is 10.0 Å². The minimum Gasteiger partial charge on any atom is -0.492 e. The number of carboxylic acids is 1. The number of rotatable bonds is 5. The molecule has 0 aliphatic carbocycles. The molecule has 2 aromatic carbocycles. The Labute approximate surface area is 161 Å². The summed E-state index contributed by atoms with van der Waals surface area (Å²) in [4.78, 5) is 11.3. The highest BCUT2D eigenvalue weighted by Crippen LogP contribution is 2.32. The number of aromatic carboxylic acids is 1. The normalized spacial score (nSPS) is 20.4. The second kappa shape index (κ2) is 8.73. The first-order chi connectivity index (χ1) is 12.6. The van der Waals surface area contributed by atoms with Crippen LogP contribution in [-0.4, -0.2) is 37.4 Å². The van der Waals surface area contributed by atoms with Gasteiger partial charge in [0.2, 0.25) is 0 Å². The van der Waals surface area contributed by atoms with Gasteiger partial charge in [-0.3, -0.25) is 0 Å². The standard InChI is InChI=1S/C19H19Cl2NO4/c20-15-6-5-12(9-16(15)21)18-13(10-22-7-8-25-18)11-26-17-4-2-1-3-14(17)19(23)24/h1-6,9,13,18,22H,7-8,10-11H2,(H,23,24)/t13-,18-/m0/s1. The number of nitrogens with one attached hydrogen (secondary N) is 1. The molecule has 1 fully saturated rings. The van der Waals surface area contributed by atoms with E-state index in [9.17, 15) is 9.90 Å². The van der Waals surface area contributed by atoms with Gasteiger partial charge in [-0.15, -0.1) is 0 Å². The van der Waals surface area contributed by atoms with Crippen LogP contribution in [-0.2, 0) is 4.74 Å². The zero-order valence-electron chi connectivity index (χ0n) is 14.0. The molecule has 3 rings (SSSR count). The molecule has 1 aliphatic heterocycles. The fraction of sp³-hybridized carbons (Fsp3) is 0.316. The Morgan fingerprint density at radius 1 is 1.23 bits per heavy atom. The molecule has 0 aromatic heterocycles. The van der Waals surface area contributed by atoms with E-state index in [4.69, 9.17) is 32.7 Å². The van der Waals surface area contributed by atoms with Gasteiger partial charge in [-0.2, -0.15) is 0 Å². The molecule has 7 heteroatoms. The Morgan fingerprint density at radius 2 is 2.04 bits per heavy atom. The molecule has 138 valence electrons. The summed E-state index contributed by atoms with van der Waals surface area (Å²) < 4.78 is 11.8. The summed E-state index contributed by atoms with van der Waals surface area (Å²) in [6.45, 7) is 2.29. The van der Waals surface area contributed by atoms with Gasteiger partial charge in [0, 0.05) is 19.0 Å². The van der Waals surface area contributed by atoms with Crippen molar-refractivity contribution < 1.29 is 19.4 Å². The molecule has 0 unspecified atom stereocenters. The number of hydrogen-bond donors (Lipinski definition) is 2. The molecule has 2 atom stereocenters. The van der Waals surface area contributed by atoms with E-state index in [-0.39, 0.29) is 17.6 Å². The zero-order chi connectivity index (χ0) is 18.5. The Bertz CT molecular complexity index is 784. The molecule has 0 radical (unpaired) electrons. The minimum absolute atomic E-state index is 0.0170. The van der Waals surface area contributed by atoms with Crippen molar-refractivity contribution in [3.63, 3.8) is 0 Å². The largest absolute Gasteiger partial charge is 0.492 e. The average molecular weight is 396 g/mol. The van der Waals surface area contributed by atoms with E-state index in [1.54, 1.807) is 30.3 Å². The highest BCUT2D eigenvalue weighted by molar-refractivity contribution is 6.42. The van der Waals surface area contributed by atoms with Crippen molar-refractivity contribution in [1.82, 2.24) is 5.32 Å². The van der Waals surface area contributed by atoms with Crippen LogP contribution in [0.1, 0.15) is 22.0 Å². The topological polar surface area (TPSA) is 67.8 Å². The number of hydrogen-bond acceptors (Lipinski definition) is 4. The van der Waals surface area contributed by atoms with Crippen LogP contribution in [0, 0.1) is 5.92 Å². The molecule has 0 spiro atoms. The molecule has 1 heterocycles. The molecule has 1 aliphatic rings. The Kier molecular flexibility index (Phi) is 6.38. The third kappa shape index (κ3) is 4.48. The van der Waals surface area contributed by atoms with Gasteiger partial charge in [-0.1, -0.05) is 41.4 Å². The van der Waals surface area contributed by atoms with Crippen molar-refractivity contribution in [1.29, 1.82) is 0 Å². The van der Waals surface area contributed by atoms with Crippen molar-refractivity contribution in [2.45, 2.75) is 6.10 Å². The third-order valence-electron chi connectivity index (χ3n) is 4.25. The Hall–Kier alpha value is -1.79. The van der Waals surface area contributed by atoms with Gasteiger partial charge < -0.3 is 19.9 Å². The first-order valence-corrected chi connectivity index (χ1v) is 9.04. The maximum atomic E-state index is 11.3. The highest BCUT2D eigenvalue weighted by Gasteiger charge is 2.28. The van der Waals surface area contributed by atoms with Crippen molar-refractivity contribution in [3.8, 4) is 5.75 Å². The lowest BCUT2D eigenvalue weighted by molar-refractivity contribution is 0.0151. The van der Waals surface area contributed by atoms with E-state index in [0.717, 1.165) is 12.1 Å². The molecule has 2 N–H and O–H groups in total. The van der Waals surface area contributed by atoms with Gasteiger partial charge in [0.15, 0.2) is 0 Å². The predicted molar refractivity (Wildman–Crippen MR) is 100 cm³/mol. The first kappa shape index (κ1) is 19.0.